The molecule has 0 aliphatic carbocycles. The van der Waals surface area contributed by atoms with Crippen LogP contribution in [0.1, 0.15) is 10.4 Å². The fraction of sp³-hybridized carbons (Fsp3) is 0.143. The van der Waals surface area contributed by atoms with Gasteiger partial charge in [0.25, 0.3) is 5.91 Å². The van der Waals surface area contributed by atoms with E-state index in [-0.39, 0.29) is 5.91 Å². The van der Waals surface area contributed by atoms with Crippen LogP contribution in [0.4, 0.5) is 17.2 Å². The van der Waals surface area contributed by atoms with Crippen molar-refractivity contribution in [1.82, 2.24) is 4.98 Å². The van der Waals surface area contributed by atoms with Gasteiger partial charge in [0.1, 0.15) is 5.82 Å². The lowest BCUT2D eigenvalue weighted by atomic mass is 10.2. The maximum atomic E-state index is 12.3. The Kier molecular flexibility index (Phi) is 5.96. The highest BCUT2D eigenvalue weighted by Crippen LogP contribution is 2.40. The van der Waals surface area contributed by atoms with Gasteiger partial charge in [-0.2, -0.15) is 0 Å². The summed E-state index contributed by atoms with van der Waals surface area (Å²) in [4.78, 5) is 16.6. The molecule has 1 aromatic heterocycles. The summed E-state index contributed by atoms with van der Waals surface area (Å²) in [6, 6.07) is 16.2. The van der Waals surface area contributed by atoms with Crippen LogP contribution in [0.15, 0.2) is 60.8 Å². The molecule has 0 atom stereocenters. The Morgan fingerprint density at radius 2 is 1.54 bits per heavy atom. The van der Waals surface area contributed by atoms with Gasteiger partial charge in [0.15, 0.2) is 11.5 Å². The molecule has 0 aliphatic heterocycles. The van der Waals surface area contributed by atoms with Crippen molar-refractivity contribution in [2.75, 3.05) is 32.0 Å². The topological polar surface area (TPSA) is 81.7 Å². The molecule has 0 bridgehead atoms. The van der Waals surface area contributed by atoms with Crippen LogP contribution in [0.25, 0.3) is 0 Å². The van der Waals surface area contributed by atoms with Gasteiger partial charge in [-0.1, -0.05) is 18.2 Å². The molecule has 3 aromatic rings. The predicted octanol–water partition coefficient (Wildman–Crippen LogP) is 4.10. The highest BCUT2D eigenvalue weighted by Gasteiger charge is 2.14. The lowest BCUT2D eigenvalue weighted by Gasteiger charge is -2.15. The van der Waals surface area contributed by atoms with Gasteiger partial charge >= 0.3 is 0 Å². The average molecular weight is 379 g/mol. The largest absolute Gasteiger partial charge is 0.493 e. The maximum absolute atomic E-state index is 12.3. The van der Waals surface area contributed by atoms with E-state index in [0.29, 0.717) is 34.3 Å². The molecule has 0 radical (unpaired) electrons. The lowest BCUT2D eigenvalue weighted by Crippen LogP contribution is -2.12. The van der Waals surface area contributed by atoms with E-state index in [4.69, 9.17) is 14.2 Å². The van der Waals surface area contributed by atoms with E-state index in [2.05, 4.69) is 15.6 Å². The van der Waals surface area contributed by atoms with E-state index in [9.17, 15) is 4.79 Å². The van der Waals surface area contributed by atoms with Gasteiger partial charge in [0.2, 0.25) is 5.75 Å². The minimum absolute atomic E-state index is 0.224. The number of benzene rings is 2. The van der Waals surface area contributed by atoms with E-state index < -0.39 is 0 Å². The van der Waals surface area contributed by atoms with E-state index >= 15 is 0 Å². The number of rotatable bonds is 7. The van der Waals surface area contributed by atoms with E-state index in [1.807, 2.05) is 30.3 Å². The molecule has 7 heteroatoms. The third-order valence-electron chi connectivity index (χ3n) is 3.99. The maximum Gasteiger partial charge on any atom is 0.257 e. The zero-order chi connectivity index (χ0) is 19.9. The third-order valence-corrected chi connectivity index (χ3v) is 3.99. The fourth-order valence-electron chi connectivity index (χ4n) is 2.63. The molecule has 0 saturated carbocycles. The summed E-state index contributed by atoms with van der Waals surface area (Å²) < 4.78 is 16.0. The summed E-state index contributed by atoms with van der Waals surface area (Å²) in [5.74, 6) is 1.92. The number of aromatic nitrogens is 1. The van der Waals surface area contributed by atoms with Crippen LogP contribution < -0.4 is 24.8 Å². The van der Waals surface area contributed by atoms with Crippen LogP contribution in [0, 0.1) is 0 Å². The van der Waals surface area contributed by atoms with Crippen LogP contribution >= 0.6 is 0 Å². The molecule has 144 valence electrons. The summed E-state index contributed by atoms with van der Waals surface area (Å²) in [5.41, 5.74) is 1.90. The smallest absolute Gasteiger partial charge is 0.257 e. The van der Waals surface area contributed by atoms with Crippen LogP contribution in [0.3, 0.4) is 0 Å². The van der Waals surface area contributed by atoms with E-state index in [1.54, 1.807) is 45.6 Å². The van der Waals surface area contributed by atoms with Crippen molar-refractivity contribution in [3.05, 3.63) is 66.4 Å². The highest BCUT2D eigenvalue weighted by atomic mass is 16.5. The molecule has 1 amide bonds. The second-order valence-corrected chi connectivity index (χ2v) is 5.79. The average Bonchev–Trinajstić information content (AvgIpc) is 2.74. The Morgan fingerprint density at radius 3 is 2.07 bits per heavy atom. The standard InChI is InChI=1S/C21H21N3O4/c1-26-17-11-16(12-18(27-2)20(17)28-3)23-19-10-9-14(13-22-19)21(25)24-15-7-5-4-6-8-15/h4-13H,1-3H3,(H,22,23)(H,24,25). The highest BCUT2D eigenvalue weighted by molar-refractivity contribution is 6.04. The number of ether oxygens (including phenoxy) is 3. The molecule has 2 N–H and O–H groups in total. The number of methoxy groups -OCH3 is 3. The molecule has 0 spiro atoms. The van der Waals surface area contributed by atoms with Crippen molar-refractivity contribution in [1.29, 1.82) is 0 Å². The first-order chi connectivity index (χ1) is 13.6. The van der Waals surface area contributed by atoms with Gasteiger partial charge in [-0.3, -0.25) is 4.79 Å². The summed E-state index contributed by atoms with van der Waals surface area (Å²) in [5, 5.41) is 5.99. The van der Waals surface area contributed by atoms with E-state index in [0.717, 1.165) is 5.69 Å². The van der Waals surface area contributed by atoms with Crippen LogP contribution in [-0.4, -0.2) is 32.2 Å². The molecule has 0 saturated heterocycles. The molecule has 1 heterocycles. The number of hydrogen-bond donors (Lipinski definition) is 2. The number of pyridine rings is 1. The first-order valence-corrected chi connectivity index (χ1v) is 8.54. The van der Waals surface area contributed by atoms with Crippen molar-refractivity contribution in [3.8, 4) is 17.2 Å². The molecule has 0 unspecified atom stereocenters. The van der Waals surface area contributed by atoms with Gasteiger partial charge in [-0.25, -0.2) is 4.98 Å². The van der Waals surface area contributed by atoms with Gasteiger partial charge < -0.3 is 24.8 Å². The number of amides is 1. The predicted molar refractivity (Wildman–Crippen MR) is 108 cm³/mol. The lowest BCUT2D eigenvalue weighted by molar-refractivity contribution is 0.102. The minimum atomic E-state index is -0.224. The fourth-order valence-corrected chi connectivity index (χ4v) is 2.63. The molecule has 0 fully saturated rings. The van der Waals surface area contributed by atoms with Crippen molar-refractivity contribution in [3.63, 3.8) is 0 Å². The monoisotopic (exact) mass is 379 g/mol. The Labute approximate surface area is 163 Å². The molecule has 7 nitrogen and oxygen atoms in total. The summed E-state index contributed by atoms with van der Waals surface area (Å²) in [7, 11) is 4.66. The van der Waals surface area contributed by atoms with Crippen LogP contribution in [-0.2, 0) is 0 Å². The van der Waals surface area contributed by atoms with Crippen LogP contribution in [0.5, 0.6) is 17.2 Å². The van der Waals surface area contributed by atoms with Crippen molar-refractivity contribution in [2.45, 2.75) is 0 Å². The SMILES string of the molecule is COc1cc(Nc2ccc(C(=O)Nc3ccccc3)cn2)cc(OC)c1OC. The number of anilines is 3. The summed E-state index contributed by atoms with van der Waals surface area (Å²) in [6.07, 6.45) is 1.51. The molecule has 0 aliphatic rings. The number of nitrogens with zero attached hydrogens (tertiary/aromatic N) is 1. The Balaban J connectivity index is 1.74. The third kappa shape index (κ3) is 4.32. The zero-order valence-corrected chi connectivity index (χ0v) is 15.9. The first kappa shape index (κ1) is 19.0. The van der Waals surface area contributed by atoms with Crippen molar-refractivity contribution < 1.29 is 19.0 Å². The first-order valence-electron chi connectivity index (χ1n) is 8.54. The Hall–Kier alpha value is -3.74. The van der Waals surface area contributed by atoms with Crippen molar-refractivity contribution >= 4 is 23.1 Å². The summed E-state index contributed by atoms with van der Waals surface area (Å²) >= 11 is 0. The Bertz CT molecular complexity index is 919. The van der Waals surface area contributed by atoms with Crippen molar-refractivity contribution in [2.24, 2.45) is 0 Å². The van der Waals surface area contributed by atoms with Gasteiger partial charge in [0, 0.05) is 29.7 Å². The molecular weight excluding hydrogens is 358 g/mol. The van der Waals surface area contributed by atoms with Gasteiger partial charge in [-0.15, -0.1) is 0 Å². The van der Waals surface area contributed by atoms with Crippen LogP contribution in [0.2, 0.25) is 0 Å². The molecule has 3 rings (SSSR count). The number of hydrogen-bond acceptors (Lipinski definition) is 6. The number of carbonyl (C=O) groups excluding carboxylic acids is 1. The summed E-state index contributed by atoms with van der Waals surface area (Å²) in [6.45, 7) is 0. The number of carbonyl (C=O) groups is 1. The van der Waals surface area contributed by atoms with Gasteiger partial charge in [-0.05, 0) is 24.3 Å². The number of para-hydroxylation sites is 1. The number of nitrogens with one attached hydrogen (secondary N) is 2. The van der Waals surface area contributed by atoms with E-state index in [1.165, 1.54) is 6.20 Å². The molecule has 28 heavy (non-hydrogen) atoms. The molecule has 2 aromatic carbocycles. The second-order valence-electron chi connectivity index (χ2n) is 5.79. The molecular formula is C21H21N3O4. The normalized spacial score (nSPS) is 10.1. The minimum Gasteiger partial charge on any atom is -0.493 e. The second kappa shape index (κ2) is 8.77. The van der Waals surface area contributed by atoms with Gasteiger partial charge in [0.05, 0.1) is 26.9 Å². The quantitative estimate of drug-likeness (QED) is 0.643. The zero-order valence-electron chi connectivity index (χ0n) is 15.9. The Morgan fingerprint density at radius 1 is 0.857 bits per heavy atom.